The zero-order valence-corrected chi connectivity index (χ0v) is 16.1. The lowest BCUT2D eigenvalue weighted by Crippen LogP contribution is -2.23. The van der Waals surface area contributed by atoms with Crippen LogP contribution in [0, 0.1) is 0 Å². The second-order valence-electron chi connectivity index (χ2n) is 5.07. The maximum atomic E-state index is 11.3. The molecule has 0 aromatic heterocycles. The van der Waals surface area contributed by atoms with Gasteiger partial charge in [-0.2, -0.15) is 0 Å². The molecule has 24 heavy (non-hydrogen) atoms. The summed E-state index contributed by atoms with van der Waals surface area (Å²) in [5.41, 5.74) is 1.79. The van der Waals surface area contributed by atoms with E-state index in [0.717, 1.165) is 17.8 Å². The lowest BCUT2D eigenvalue weighted by molar-refractivity contribution is 0.0773. The number of aliphatic hydroxyl groups is 1. The summed E-state index contributed by atoms with van der Waals surface area (Å²) in [6.45, 7) is 3.28. The van der Waals surface area contributed by atoms with Crippen molar-refractivity contribution >= 4 is 38.3 Å². The van der Waals surface area contributed by atoms with E-state index >= 15 is 0 Å². The number of anilines is 1. The molecule has 0 aliphatic carbocycles. The predicted octanol–water partition coefficient (Wildman–Crippen LogP) is 2.45. The Morgan fingerprint density at radius 2 is 1.83 bits per heavy atom. The summed E-state index contributed by atoms with van der Waals surface area (Å²) in [5.74, 6) is 0.610. The second-order valence-corrected chi connectivity index (χ2v) is 7.70. The summed E-state index contributed by atoms with van der Waals surface area (Å²) in [6.07, 6.45) is 0. The number of halogens is 1. The highest BCUT2D eigenvalue weighted by Crippen LogP contribution is 2.25. The van der Waals surface area contributed by atoms with Gasteiger partial charge in [-0.3, -0.25) is 0 Å². The lowest BCUT2D eigenvalue weighted by atomic mass is 10.1. The summed E-state index contributed by atoms with van der Waals surface area (Å²) in [7, 11) is -3.70. The van der Waals surface area contributed by atoms with Crippen LogP contribution in [0.1, 0.15) is 12.5 Å². The van der Waals surface area contributed by atoms with Gasteiger partial charge in [-0.15, -0.1) is 0 Å². The van der Waals surface area contributed by atoms with E-state index in [-0.39, 0.29) is 4.90 Å². The van der Waals surface area contributed by atoms with Crippen molar-refractivity contribution in [1.29, 1.82) is 0 Å². The minimum atomic E-state index is -3.70. The number of para-hydroxylation sites is 1. The molecule has 130 valence electrons. The van der Waals surface area contributed by atoms with E-state index in [9.17, 15) is 13.5 Å². The Bertz CT molecular complexity index is 779. The van der Waals surface area contributed by atoms with Crippen molar-refractivity contribution in [2.45, 2.75) is 22.7 Å². The van der Waals surface area contributed by atoms with Gasteiger partial charge in [0, 0.05) is 24.3 Å². The van der Waals surface area contributed by atoms with Crippen molar-refractivity contribution in [3.05, 3.63) is 54.1 Å². The van der Waals surface area contributed by atoms with Crippen molar-refractivity contribution < 1.29 is 18.3 Å². The highest BCUT2D eigenvalue weighted by Gasteiger charge is 2.13. The van der Waals surface area contributed by atoms with E-state index < -0.39 is 14.3 Å². The molecular formula is C16H19IN2O4S. The molecule has 0 saturated heterocycles. The number of rotatable bonds is 7. The van der Waals surface area contributed by atoms with E-state index in [2.05, 4.69) is 4.90 Å². The molecule has 0 saturated carbocycles. The molecule has 0 spiro atoms. The predicted molar refractivity (Wildman–Crippen MR) is 102 cm³/mol. The van der Waals surface area contributed by atoms with Gasteiger partial charge in [-0.25, -0.2) is 13.6 Å². The summed E-state index contributed by atoms with van der Waals surface area (Å²) in [4.78, 5) is 2.15. The molecule has 0 amide bonds. The molecule has 0 aliphatic rings. The normalized spacial score (nSPS) is 12.7. The Kier molecular flexibility index (Phi) is 6.44. The first kappa shape index (κ1) is 19.0. The van der Waals surface area contributed by atoms with Gasteiger partial charge in [-0.05, 0) is 59.8 Å². The molecule has 2 aromatic carbocycles. The van der Waals surface area contributed by atoms with E-state index in [1.54, 1.807) is 40.8 Å². The highest BCUT2D eigenvalue weighted by atomic mass is 127. The van der Waals surface area contributed by atoms with Crippen molar-refractivity contribution in [3.8, 4) is 5.75 Å². The first-order valence-electron chi connectivity index (χ1n) is 7.25. The molecule has 8 heteroatoms. The van der Waals surface area contributed by atoms with Gasteiger partial charge in [0.15, 0.2) is 0 Å². The molecule has 2 rings (SSSR count). The van der Waals surface area contributed by atoms with Gasteiger partial charge in [0.2, 0.25) is 14.3 Å². The number of hydrogen-bond donors (Lipinski definition) is 2. The Balaban J connectivity index is 2.24. The number of nitrogens with zero attached hydrogens (tertiary/aromatic N) is 1. The molecule has 0 heterocycles. The van der Waals surface area contributed by atoms with Crippen LogP contribution in [-0.4, -0.2) is 24.4 Å². The fraction of sp³-hybridized carbons (Fsp3) is 0.250. The lowest BCUT2D eigenvalue weighted by Gasteiger charge is -2.24. The van der Waals surface area contributed by atoms with Crippen LogP contribution in [0.15, 0.2) is 53.4 Å². The van der Waals surface area contributed by atoms with Gasteiger partial charge in [0.1, 0.15) is 5.75 Å². The molecule has 0 radical (unpaired) electrons. The first-order chi connectivity index (χ1) is 11.3. The van der Waals surface area contributed by atoms with Gasteiger partial charge in [0.05, 0.1) is 4.90 Å². The second kappa shape index (κ2) is 8.15. The van der Waals surface area contributed by atoms with Crippen LogP contribution in [-0.2, 0) is 16.6 Å². The zero-order valence-electron chi connectivity index (χ0n) is 13.1. The third-order valence-corrected chi connectivity index (χ3v) is 4.65. The van der Waals surface area contributed by atoms with Gasteiger partial charge >= 0.3 is 0 Å². The number of hydrogen-bond acceptors (Lipinski definition) is 5. The third-order valence-electron chi connectivity index (χ3n) is 3.47. The molecule has 2 aromatic rings. The number of aliphatic hydroxyl groups excluding tert-OH is 1. The molecule has 1 unspecified atom stereocenters. The molecule has 1 atom stereocenters. The molecular weight excluding hydrogens is 443 g/mol. The SMILES string of the molecule is CCN(Cc1ccccc1OC(O)I)c1ccc(S(N)(=O)=O)cc1. The number of primary sulfonamides is 1. The molecule has 0 bridgehead atoms. The minimum absolute atomic E-state index is 0.0825. The van der Waals surface area contributed by atoms with Crippen molar-refractivity contribution in [3.63, 3.8) is 0 Å². The quantitative estimate of drug-likeness (QED) is 0.375. The number of ether oxygens (including phenoxy) is 1. The van der Waals surface area contributed by atoms with Crippen LogP contribution < -0.4 is 14.8 Å². The first-order valence-corrected chi connectivity index (χ1v) is 10.0. The van der Waals surface area contributed by atoms with Crippen LogP contribution in [0.5, 0.6) is 5.75 Å². The summed E-state index contributed by atoms with van der Waals surface area (Å²) >= 11 is 1.78. The number of alkyl halides is 1. The average Bonchev–Trinajstić information content (AvgIpc) is 2.53. The van der Waals surface area contributed by atoms with E-state index in [0.29, 0.717) is 12.3 Å². The smallest absolute Gasteiger partial charge is 0.249 e. The number of sulfonamides is 1. The Labute approximate surface area is 155 Å². The van der Waals surface area contributed by atoms with Crippen molar-refractivity contribution in [2.75, 3.05) is 11.4 Å². The van der Waals surface area contributed by atoms with Crippen LogP contribution in [0.3, 0.4) is 0 Å². The van der Waals surface area contributed by atoms with Crippen LogP contribution in [0.25, 0.3) is 0 Å². The van der Waals surface area contributed by atoms with E-state index in [4.69, 9.17) is 9.88 Å². The standard InChI is InChI=1S/C16H19IN2O4S/c1-2-19(13-7-9-14(10-8-13)24(18,21)22)11-12-5-3-4-6-15(12)23-16(17)20/h3-10,16,20H,2,11H2,1H3,(H2,18,21,22). The van der Waals surface area contributed by atoms with E-state index in [1.165, 1.54) is 12.1 Å². The minimum Gasteiger partial charge on any atom is -0.456 e. The monoisotopic (exact) mass is 462 g/mol. The molecule has 3 N–H and O–H groups in total. The zero-order chi connectivity index (χ0) is 17.7. The third kappa shape index (κ3) is 5.07. The van der Waals surface area contributed by atoms with Crippen LogP contribution in [0.2, 0.25) is 0 Å². The molecule has 0 fully saturated rings. The topological polar surface area (TPSA) is 92.9 Å². The van der Waals surface area contributed by atoms with Gasteiger partial charge < -0.3 is 14.7 Å². The fourth-order valence-electron chi connectivity index (χ4n) is 2.29. The van der Waals surface area contributed by atoms with Crippen LogP contribution in [0.4, 0.5) is 5.69 Å². The van der Waals surface area contributed by atoms with E-state index in [1.807, 2.05) is 25.1 Å². The largest absolute Gasteiger partial charge is 0.456 e. The Hall–Kier alpha value is -1.36. The van der Waals surface area contributed by atoms with Gasteiger partial charge in [-0.1, -0.05) is 18.2 Å². The van der Waals surface area contributed by atoms with Crippen molar-refractivity contribution in [1.82, 2.24) is 0 Å². The highest BCUT2D eigenvalue weighted by molar-refractivity contribution is 14.1. The van der Waals surface area contributed by atoms with Crippen molar-refractivity contribution in [2.24, 2.45) is 5.14 Å². The maximum Gasteiger partial charge on any atom is 0.249 e. The number of nitrogens with two attached hydrogens (primary N) is 1. The maximum absolute atomic E-state index is 11.3. The fourth-order valence-corrected chi connectivity index (χ4v) is 3.08. The average molecular weight is 462 g/mol. The van der Waals surface area contributed by atoms with Gasteiger partial charge in [0.25, 0.3) is 0 Å². The molecule has 6 nitrogen and oxygen atoms in total. The Morgan fingerprint density at radius 1 is 1.21 bits per heavy atom. The van der Waals surface area contributed by atoms with Crippen LogP contribution >= 0.6 is 22.6 Å². The Morgan fingerprint density at radius 3 is 2.38 bits per heavy atom. The number of benzene rings is 2. The summed E-state index contributed by atoms with van der Waals surface area (Å²) in [5, 5.41) is 14.6. The summed E-state index contributed by atoms with van der Waals surface area (Å²) < 4.78 is 27.2. The molecule has 0 aliphatic heterocycles. The summed E-state index contributed by atoms with van der Waals surface area (Å²) in [6, 6.07) is 13.9.